The number of hydrogen-bond acceptors (Lipinski definition) is 4. The first-order chi connectivity index (χ1) is 11.5. The van der Waals surface area contributed by atoms with Crippen LogP contribution >= 0.6 is 11.8 Å². The molecule has 1 unspecified atom stereocenters. The monoisotopic (exact) mass is 370 g/mol. The summed E-state index contributed by atoms with van der Waals surface area (Å²) in [6, 6.07) is 10.3. The molecule has 8 heteroatoms. The van der Waals surface area contributed by atoms with Crippen LogP contribution in [-0.4, -0.2) is 62.9 Å². The number of nitrogens with zero attached hydrogens (tertiary/aromatic N) is 2. The van der Waals surface area contributed by atoms with Crippen molar-refractivity contribution in [3.63, 3.8) is 0 Å². The van der Waals surface area contributed by atoms with Gasteiger partial charge in [-0.05, 0) is 18.6 Å². The van der Waals surface area contributed by atoms with Gasteiger partial charge < -0.3 is 10.6 Å². The van der Waals surface area contributed by atoms with E-state index in [4.69, 9.17) is 0 Å². The maximum atomic E-state index is 11.7. The second-order valence-corrected chi connectivity index (χ2v) is 9.29. The van der Waals surface area contributed by atoms with Gasteiger partial charge in [0.25, 0.3) is 0 Å². The normalized spacial score (nSPS) is 19.2. The summed E-state index contributed by atoms with van der Waals surface area (Å²) in [6.07, 6.45) is 0.726. The Morgan fingerprint density at radius 3 is 2.71 bits per heavy atom. The summed E-state index contributed by atoms with van der Waals surface area (Å²) < 4.78 is 25.0. The third kappa shape index (κ3) is 5.99. The number of guanidine groups is 1. The molecule has 1 fully saturated rings. The van der Waals surface area contributed by atoms with E-state index in [1.165, 1.54) is 4.90 Å². The summed E-state index contributed by atoms with van der Waals surface area (Å²) in [7, 11) is -1.30. The highest BCUT2D eigenvalue weighted by molar-refractivity contribution is 8.00. The predicted octanol–water partition coefficient (Wildman–Crippen LogP) is 1.37. The molecular weight excluding hydrogens is 344 g/mol. The van der Waals surface area contributed by atoms with Crippen LogP contribution in [0.2, 0.25) is 0 Å². The van der Waals surface area contributed by atoms with Crippen molar-refractivity contribution in [2.45, 2.75) is 23.5 Å². The molecule has 134 valence electrons. The number of aliphatic imine (C=N–C) groups is 1. The maximum absolute atomic E-state index is 11.7. The molecule has 2 N–H and O–H groups in total. The van der Waals surface area contributed by atoms with Gasteiger partial charge in [-0.3, -0.25) is 4.99 Å². The Morgan fingerprint density at radius 1 is 1.33 bits per heavy atom. The third-order valence-corrected chi connectivity index (χ3v) is 6.79. The van der Waals surface area contributed by atoms with E-state index in [9.17, 15) is 8.42 Å². The molecule has 0 aromatic heterocycles. The minimum absolute atomic E-state index is 0.272. The lowest BCUT2D eigenvalue weighted by atomic mass is 10.4. The van der Waals surface area contributed by atoms with Crippen LogP contribution in [0.1, 0.15) is 13.3 Å². The van der Waals surface area contributed by atoms with Crippen LogP contribution in [0.15, 0.2) is 40.2 Å². The van der Waals surface area contributed by atoms with Crippen LogP contribution in [-0.2, 0) is 10.0 Å². The minimum Gasteiger partial charge on any atom is -0.355 e. The van der Waals surface area contributed by atoms with Gasteiger partial charge in [-0.15, -0.1) is 11.8 Å². The molecule has 0 spiro atoms. The highest BCUT2D eigenvalue weighted by Crippen LogP contribution is 2.21. The Balaban J connectivity index is 1.68. The standard InChI is InChI=1S/C16H26N4O2S2/c1-14(23-15-7-4-3-5-8-15)13-19-16(17-2)18-9-11-20-10-6-12-24(20,21)22/h3-5,7-8,14H,6,9-13H2,1-2H3,(H2,17,18,19). The largest absolute Gasteiger partial charge is 0.355 e. The van der Waals surface area contributed by atoms with Crippen molar-refractivity contribution >= 4 is 27.7 Å². The van der Waals surface area contributed by atoms with Crippen molar-refractivity contribution in [1.29, 1.82) is 0 Å². The van der Waals surface area contributed by atoms with Crippen LogP contribution in [0, 0.1) is 0 Å². The smallest absolute Gasteiger partial charge is 0.214 e. The molecule has 0 radical (unpaired) electrons. The zero-order valence-electron chi connectivity index (χ0n) is 14.2. The first-order valence-corrected chi connectivity index (χ1v) is 10.6. The van der Waals surface area contributed by atoms with E-state index in [1.54, 1.807) is 11.4 Å². The summed E-state index contributed by atoms with van der Waals surface area (Å²) in [5.41, 5.74) is 0. The van der Waals surface area contributed by atoms with Crippen LogP contribution < -0.4 is 10.6 Å². The lowest BCUT2D eigenvalue weighted by Crippen LogP contribution is -2.43. The van der Waals surface area contributed by atoms with Gasteiger partial charge in [0.2, 0.25) is 10.0 Å². The van der Waals surface area contributed by atoms with Crippen molar-refractivity contribution in [1.82, 2.24) is 14.9 Å². The molecular formula is C16H26N4O2S2. The summed E-state index contributed by atoms with van der Waals surface area (Å²) >= 11 is 1.81. The van der Waals surface area contributed by atoms with Crippen LogP contribution in [0.25, 0.3) is 0 Å². The zero-order chi connectivity index (χ0) is 17.4. The Kier molecular flexibility index (Phi) is 7.39. The number of sulfonamides is 1. The van der Waals surface area contributed by atoms with Gasteiger partial charge in [0.1, 0.15) is 0 Å². The van der Waals surface area contributed by atoms with Crippen molar-refractivity contribution in [3.8, 4) is 0 Å². The summed E-state index contributed by atoms with van der Waals surface area (Å²) in [4.78, 5) is 5.43. The van der Waals surface area contributed by atoms with Gasteiger partial charge in [-0.25, -0.2) is 12.7 Å². The van der Waals surface area contributed by atoms with Crippen molar-refractivity contribution in [3.05, 3.63) is 30.3 Å². The average Bonchev–Trinajstić information content (AvgIpc) is 2.90. The topological polar surface area (TPSA) is 73.8 Å². The lowest BCUT2D eigenvalue weighted by molar-refractivity contribution is 0.445. The number of nitrogens with one attached hydrogen (secondary N) is 2. The second kappa shape index (κ2) is 9.29. The average molecular weight is 371 g/mol. The molecule has 1 saturated heterocycles. The van der Waals surface area contributed by atoms with Crippen LogP contribution in [0.5, 0.6) is 0 Å². The molecule has 1 atom stereocenters. The van der Waals surface area contributed by atoms with Crippen LogP contribution in [0.4, 0.5) is 0 Å². The fourth-order valence-corrected chi connectivity index (χ4v) is 4.95. The summed E-state index contributed by atoms with van der Waals surface area (Å²) in [6.45, 7) is 4.60. The molecule has 1 aliphatic rings. The van der Waals surface area contributed by atoms with Gasteiger partial charge >= 0.3 is 0 Å². The molecule has 1 aliphatic heterocycles. The molecule has 0 saturated carbocycles. The molecule has 1 heterocycles. The van der Waals surface area contributed by atoms with Crippen molar-refractivity contribution in [2.75, 3.05) is 39.0 Å². The van der Waals surface area contributed by atoms with Gasteiger partial charge in [0.15, 0.2) is 5.96 Å². The van der Waals surface area contributed by atoms with E-state index in [2.05, 4.69) is 34.7 Å². The molecule has 0 amide bonds. The SMILES string of the molecule is CN=C(NCCN1CCCS1(=O)=O)NCC(C)Sc1ccccc1. The van der Waals surface area contributed by atoms with E-state index < -0.39 is 10.0 Å². The molecule has 24 heavy (non-hydrogen) atoms. The lowest BCUT2D eigenvalue weighted by Gasteiger charge is -2.18. The Labute approximate surface area is 149 Å². The Bertz CT molecular complexity index is 635. The predicted molar refractivity (Wildman–Crippen MR) is 101 cm³/mol. The zero-order valence-corrected chi connectivity index (χ0v) is 15.9. The Hall–Kier alpha value is -1.25. The Morgan fingerprint density at radius 2 is 2.08 bits per heavy atom. The first kappa shape index (κ1) is 19.1. The number of rotatable bonds is 7. The van der Waals surface area contributed by atoms with Crippen molar-refractivity contribution in [2.24, 2.45) is 4.99 Å². The van der Waals surface area contributed by atoms with Crippen LogP contribution in [0.3, 0.4) is 0 Å². The van der Waals surface area contributed by atoms with E-state index in [-0.39, 0.29) is 5.75 Å². The number of thioether (sulfide) groups is 1. The highest BCUT2D eigenvalue weighted by Gasteiger charge is 2.27. The number of hydrogen-bond donors (Lipinski definition) is 2. The molecule has 2 rings (SSSR count). The molecule has 1 aromatic rings. The van der Waals surface area contributed by atoms with E-state index in [0.29, 0.717) is 30.8 Å². The first-order valence-electron chi connectivity index (χ1n) is 8.15. The fraction of sp³-hybridized carbons (Fsp3) is 0.562. The summed E-state index contributed by atoms with van der Waals surface area (Å²) in [5.74, 6) is 0.973. The van der Waals surface area contributed by atoms with Gasteiger partial charge in [-0.2, -0.15) is 0 Å². The molecule has 1 aromatic carbocycles. The number of benzene rings is 1. The van der Waals surface area contributed by atoms with E-state index in [0.717, 1.165) is 13.0 Å². The fourth-order valence-electron chi connectivity index (χ4n) is 2.48. The minimum atomic E-state index is -3.02. The molecule has 6 nitrogen and oxygen atoms in total. The molecule has 0 aliphatic carbocycles. The van der Waals surface area contributed by atoms with E-state index in [1.807, 2.05) is 30.0 Å². The van der Waals surface area contributed by atoms with Gasteiger partial charge in [0.05, 0.1) is 5.75 Å². The maximum Gasteiger partial charge on any atom is 0.214 e. The highest BCUT2D eigenvalue weighted by atomic mass is 32.2. The van der Waals surface area contributed by atoms with Gasteiger partial charge in [-0.1, -0.05) is 25.1 Å². The van der Waals surface area contributed by atoms with E-state index >= 15 is 0 Å². The quantitative estimate of drug-likeness (QED) is 0.431. The third-order valence-electron chi connectivity index (χ3n) is 3.72. The second-order valence-electron chi connectivity index (χ2n) is 5.69. The van der Waals surface area contributed by atoms with Crippen molar-refractivity contribution < 1.29 is 8.42 Å². The van der Waals surface area contributed by atoms with Gasteiger partial charge in [0, 0.05) is 43.4 Å². The molecule has 0 bridgehead atoms. The summed E-state index contributed by atoms with van der Waals surface area (Å²) in [5, 5.41) is 6.86.